The molecule has 2 aromatic carbocycles. The molecule has 0 aliphatic rings. The number of benzene rings is 2. The molecule has 1 aromatic heterocycles. The number of aromatic nitrogens is 2. The fourth-order valence-corrected chi connectivity index (χ4v) is 3.01. The van der Waals surface area contributed by atoms with E-state index in [1.54, 1.807) is 35.9 Å². The lowest BCUT2D eigenvalue weighted by Gasteiger charge is -2.16. The van der Waals surface area contributed by atoms with Crippen molar-refractivity contribution < 1.29 is 15.0 Å². The highest BCUT2D eigenvalue weighted by atomic mass is 16.3. The number of nitrogens with one attached hydrogen (secondary N) is 2. The second-order valence-electron chi connectivity index (χ2n) is 6.40. The summed E-state index contributed by atoms with van der Waals surface area (Å²) < 4.78 is 1.60. The Morgan fingerprint density at radius 3 is 2.68 bits per heavy atom. The van der Waals surface area contributed by atoms with E-state index in [0.717, 1.165) is 5.69 Å². The number of rotatable bonds is 7. The molecular weight excluding hydrogens is 356 g/mol. The predicted octanol–water partition coefficient (Wildman–Crippen LogP) is 3.21. The van der Waals surface area contributed by atoms with Crippen LogP contribution in [0.4, 0.5) is 5.69 Å². The standard InChI is InChI=1S/C21H22N4O3/c1-13-8-17(27)9-15(12-26)21(13)23-14(2)19-10-16(11-22-3)24-25(19)18-6-4-5-7-20(18)28/h4-10,12,22-23,27-28H,2,11H2,1,3H3. The number of para-hydroxylation sites is 2. The summed E-state index contributed by atoms with van der Waals surface area (Å²) in [5.74, 6) is 0.108. The van der Waals surface area contributed by atoms with E-state index in [2.05, 4.69) is 22.3 Å². The number of aromatic hydroxyl groups is 2. The summed E-state index contributed by atoms with van der Waals surface area (Å²) in [5, 5.41) is 30.7. The topological polar surface area (TPSA) is 99.4 Å². The van der Waals surface area contributed by atoms with Gasteiger partial charge >= 0.3 is 0 Å². The van der Waals surface area contributed by atoms with Crippen molar-refractivity contribution in [3.05, 3.63) is 71.6 Å². The highest BCUT2D eigenvalue weighted by Crippen LogP contribution is 2.30. The minimum absolute atomic E-state index is 0.0197. The summed E-state index contributed by atoms with van der Waals surface area (Å²) in [6, 6.07) is 11.7. The monoisotopic (exact) mass is 378 g/mol. The van der Waals surface area contributed by atoms with Crippen molar-refractivity contribution in [2.75, 3.05) is 12.4 Å². The molecule has 0 aliphatic heterocycles. The molecule has 4 N–H and O–H groups in total. The van der Waals surface area contributed by atoms with Crippen LogP contribution in [0.25, 0.3) is 11.4 Å². The molecule has 3 aromatic rings. The normalized spacial score (nSPS) is 10.6. The van der Waals surface area contributed by atoms with Gasteiger partial charge < -0.3 is 20.8 Å². The summed E-state index contributed by atoms with van der Waals surface area (Å²) in [6.07, 6.45) is 0.676. The van der Waals surface area contributed by atoms with Crippen LogP contribution in [0.1, 0.15) is 27.3 Å². The summed E-state index contributed by atoms with van der Waals surface area (Å²) in [5.41, 5.74) is 3.99. The zero-order valence-corrected chi connectivity index (χ0v) is 15.7. The summed E-state index contributed by atoms with van der Waals surface area (Å²) in [6.45, 7) is 6.42. The van der Waals surface area contributed by atoms with Crippen LogP contribution in [0.3, 0.4) is 0 Å². The number of carbonyl (C=O) groups is 1. The van der Waals surface area contributed by atoms with E-state index in [1.165, 1.54) is 6.07 Å². The zero-order valence-electron chi connectivity index (χ0n) is 15.7. The first kappa shape index (κ1) is 19.2. The molecule has 3 rings (SSSR count). The lowest BCUT2D eigenvalue weighted by molar-refractivity contribution is 0.112. The van der Waals surface area contributed by atoms with Crippen LogP contribution in [0.5, 0.6) is 11.5 Å². The Balaban J connectivity index is 2.05. The minimum Gasteiger partial charge on any atom is -0.508 e. The van der Waals surface area contributed by atoms with Crippen LogP contribution in [-0.2, 0) is 6.54 Å². The first-order valence-electron chi connectivity index (χ1n) is 8.71. The molecule has 7 nitrogen and oxygen atoms in total. The van der Waals surface area contributed by atoms with Crippen LogP contribution in [0.2, 0.25) is 0 Å². The van der Waals surface area contributed by atoms with Gasteiger partial charge in [0.05, 0.1) is 22.8 Å². The Labute approximate surface area is 163 Å². The van der Waals surface area contributed by atoms with Gasteiger partial charge in [-0.2, -0.15) is 5.10 Å². The second-order valence-corrected chi connectivity index (χ2v) is 6.40. The van der Waals surface area contributed by atoms with Gasteiger partial charge in [-0.3, -0.25) is 4.79 Å². The Kier molecular flexibility index (Phi) is 5.47. The summed E-state index contributed by atoms with van der Waals surface area (Å²) >= 11 is 0. The molecule has 7 heteroatoms. The van der Waals surface area contributed by atoms with Gasteiger partial charge in [-0.25, -0.2) is 4.68 Å². The van der Waals surface area contributed by atoms with Crippen molar-refractivity contribution in [1.29, 1.82) is 0 Å². The number of phenols is 2. The highest BCUT2D eigenvalue weighted by molar-refractivity contribution is 5.90. The first-order chi connectivity index (χ1) is 13.4. The summed E-state index contributed by atoms with van der Waals surface area (Å²) in [4.78, 5) is 11.4. The molecule has 144 valence electrons. The minimum atomic E-state index is 0.0197. The number of anilines is 1. The number of nitrogens with zero attached hydrogens (tertiary/aromatic N) is 2. The number of aldehydes is 1. The van der Waals surface area contributed by atoms with Gasteiger partial charge in [0.25, 0.3) is 0 Å². The van der Waals surface area contributed by atoms with Crippen LogP contribution in [0.15, 0.2) is 49.0 Å². The van der Waals surface area contributed by atoms with Gasteiger partial charge in [0.2, 0.25) is 0 Å². The van der Waals surface area contributed by atoms with E-state index in [9.17, 15) is 15.0 Å². The molecule has 28 heavy (non-hydrogen) atoms. The fourth-order valence-electron chi connectivity index (χ4n) is 3.01. The van der Waals surface area contributed by atoms with E-state index in [4.69, 9.17) is 0 Å². The van der Waals surface area contributed by atoms with Crippen molar-refractivity contribution in [1.82, 2.24) is 15.1 Å². The largest absolute Gasteiger partial charge is 0.508 e. The molecule has 1 heterocycles. The number of carbonyl (C=O) groups excluding carboxylic acids is 1. The first-order valence-corrected chi connectivity index (χ1v) is 8.71. The smallest absolute Gasteiger partial charge is 0.152 e. The fraction of sp³-hybridized carbons (Fsp3) is 0.143. The quantitative estimate of drug-likeness (QED) is 0.372. The molecule has 0 unspecified atom stereocenters. The third-order valence-electron chi connectivity index (χ3n) is 4.29. The Morgan fingerprint density at radius 1 is 1.25 bits per heavy atom. The molecule has 0 spiro atoms. The Bertz CT molecular complexity index is 1040. The highest BCUT2D eigenvalue weighted by Gasteiger charge is 2.17. The number of hydrogen-bond acceptors (Lipinski definition) is 6. The van der Waals surface area contributed by atoms with Gasteiger partial charge in [-0.1, -0.05) is 18.7 Å². The van der Waals surface area contributed by atoms with Crippen molar-refractivity contribution in [3.8, 4) is 17.2 Å². The van der Waals surface area contributed by atoms with Gasteiger partial charge in [-0.05, 0) is 49.9 Å². The Hall–Kier alpha value is -3.58. The molecule has 0 saturated carbocycles. The maximum atomic E-state index is 11.4. The molecule has 0 saturated heterocycles. The zero-order chi connectivity index (χ0) is 20.3. The average molecular weight is 378 g/mol. The van der Waals surface area contributed by atoms with Crippen molar-refractivity contribution >= 4 is 17.7 Å². The van der Waals surface area contributed by atoms with Crippen molar-refractivity contribution in [2.45, 2.75) is 13.5 Å². The summed E-state index contributed by atoms with van der Waals surface area (Å²) in [7, 11) is 1.82. The lowest BCUT2D eigenvalue weighted by atomic mass is 10.1. The van der Waals surface area contributed by atoms with Gasteiger partial charge in [0.15, 0.2) is 6.29 Å². The molecule has 0 aliphatic carbocycles. The van der Waals surface area contributed by atoms with E-state index in [1.807, 2.05) is 19.2 Å². The van der Waals surface area contributed by atoms with Crippen LogP contribution in [-0.4, -0.2) is 33.3 Å². The predicted molar refractivity (Wildman–Crippen MR) is 109 cm³/mol. The van der Waals surface area contributed by atoms with Crippen molar-refractivity contribution in [3.63, 3.8) is 0 Å². The van der Waals surface area contributed by atoms with E-state index >= 15 is 0 Å². The van der Waals surface area contributed by atoms with Crippen molar-refractivity contribution in [2.24, 2.45) is 0 Å². The molecule has 0 radical (unpaired) electrons. The van der Waals surface area contributed by atoms with E-state index in [0.29, 0.717) is 46.7 Å². The molecular formula is C21H22N4O3. The third-order valence-corrected chi connectivity index (χ3v) is 4.29. The molecule has 0 fully saturated rings. The Morgan fingerprint density at radius 2 is 2.00 bits per heavy atom. The SMILES string of the molecule is C=C(Nc1c(C)cc(O)cc1C=O)c1cc(CNC)nn1-c1ccccc1O. The molecule has 0 atom stereocenters. The second kappa shape index (κ2) is 7.98. The van der Waals surface area contributed by atoms with Gasteiger partial charge in [0.1, 0.15) is 17.2 Å². The third kappa shape index (κ3) is 3.74. The van der Waals surface area contributed by atoms with E-state index in [-0.39, 0.29) is 11.5 Å². The van der Waals surface area contributed by atoms with E-state index < -0.39 is 0 Å². The maximum Gasteiger partial charge on any atom is 0.152 e. The number of phenolic OH excluding ortho intramolecular Hbond substituents is 2. The average Bonchev–Trinajstić information content (AvgIpc) is 3.08. The molecule has 0 amide bonds. The van der Waals surface area contributed by atoms with Crippen LogP contribution in [0, 0.1) is 6.92 Å². The number of hydrogen-bond donors (Lipinski definition) is 4. The van der Waals surface area contributed by atoms with Gasteiger partial charge in [0, 0.05) is 12.1 Å². The number of aryl methyl sites for hydroxylation is 1. The van der Waals surface area contributed by atoms with Crippen LogP contribution < -0.4 is 10.6 Å². The maximum absolute atomic E-state index is 11.4. The molecule has 0 bridgehead atoms. The van der Waals surface area contributed by atoms with Crippen LogP contribution >= 0.6 is 0 Å². The van der Waals surface area contributed by atoms with Gasteiger partial charge in [-0.15, -0.1) is 0 Å². The lowest BCUT2D eigenvalue weighted by Crippen LogP contribution is -2.09.